The lowest BCUT2D eigenvalue weighted by Gasteiger charge is -2.09. The third kappa shape index (κ3) is 4.34. The second kappa shape index (κ2) is 6.78. The average Bonchev–Trinajstić information content (AvgIpc) is 2.43. The van der Waals surface area contributed by atoms with Crippen LogP contribution in [0.5, 0.6) is 5.75 Å². The molecule has 0 saturated heterocycles. The molecule has 110 valence electrons. The summed E-state index contributed by atoms with van der Waals surface area (Å²) in [7, 11) is 0. The Kier molecular flexibility index (Phi) is 5.03. The zero-order valence-corrected chi connectivity index (χ0v) is 12.2. The van der Waals surface area contributed by atoms with E-state index in [1.807, 2.05) is 0 Å². The lowest BCUT2D eigenvalue weighted by atomic mass is 10.2. The standard InChI is InChI=1S/C14H10ClF2NO2S/c15-12-6-5-10(21)7-11(12)13(19)18-8-1-3-9(4-2-8)20-14(16)17/h1-7,14,21H,(H,18,19). The largest absolute Gasteiger partial charge is 0.435 e. The summed E-state index contributed by atoms with van der Waals surface area (Å²) in [6.45, 7) is -2.89. The number of hydrogen-bond donors (Lipinski definition) is 2. The van der Waals surface area contributed by atoms with Crippen molar-refractivity contribution in [3.05, 3.63) is 53.1 Å². The quantitative estimate of drug-likeness (QED) is 0.811. The van der Waals surface area contributed by atoms with Gasteiger partial charge in [-0.25, -0.2) is 0 Å². The van der Waals surface area contributed by atoms with Crippen LogP contribution in [0.15, 0.2) is 47.4 Å². The summed E-state index contributed by atoms with van der Waals surface area (Å²) in [6, 6.07) is 10.3. The summed E-state index contributed by atoms with van der Waals surface area (Å²) in [5, 5.41) is 2.90. The van der Waals surface area contributed by atoms with Gasteiger partial charge < -0.3 is 10.1 Å². The van der Waals surface area contributed by atoms with E-state index in [0.717, 1.165) is 0 Å². The molecule has 0 aromatic heterocycles. The highest BCUT2D eigenvalue weighted by Crippen LogP contribution is 2.22. The number of carbonyl (C=O) groups excluding carboxylic acids is 1. The predicted molar refractivity (Wildman–Crippen MR) is 79.7 cm³/mol. The molecule has 0 aliphatic heterocycles. The van der Waals surface area contributed by atoms with E-state index >= 15 is 0 Å². The second-order valence-electron chi connectivity index (χ2n) is 4.02. The van der Waals surface area contributed by atoms with Crippen molar-refractivity contribution in [2.45, 2.75) is 11.5 Å². The molecule has 7 heteroatoms. The molecule has 0 spiro atoms. The molecule has 1 amide bonds. The van der Waals surface area contributed by atoms with Gasteiger partial charge in [0.2, 0.25) is 0 Å². The Balaban J connectivity index is 2.10. The van der Waals surface area contributed by atoms with Crippen molar-refractivity contribution in [3.63, 3.8) is 0 Å². The monoisotopic (exact) mass is 329 g/mol. The van der Waals surface area contributed by atoms with Crippen LogP contribution < -0.4 is 10.1 Å². The molecule has 2 rings (SSSR count). The van der Waals surface area contributed by atoms with Gasteiger partial charge in [-0.1, -0.05) is 11.6 Å². The fourth-order valence-electron chi connectivity index (χ4n) is 1.61. The third-order valence-corrected chi connectivity index (χ3v) is 3.14. The molecule has 0 unspecified atom stereocenters. The molecule has 2 aromatic carbocycles. The van der Waals surface area contributed by atoms with Gasteiger partial charge in [0.25, 0.3) is 5.91 Å². The van der Waals surface area contributed by atoms with E-state index in [0.29, 0.717) is 15.6 Å². The van der Waals surface area contributed by atoms with Gasteiger partial charge in [0.05, 0.1) is 10.6 Å². The molecule has 1 N–H and O–H groups in total. The first kappa shape index (κ1) is 15.6. The van der Waals surface area contributed by atoms with Crippen molar-refractivity contribution in [1.29, 1.82) is 0 Å². The molecule has 0 radical (unpaired) electrons. The molecule has 2 aromatic rings. The summed E-state index contributed by atoms with van der Waals surface area (Å²) < 4.78 is 28.3. The number of anilines is 1. The number of nitrogens with one attached hydrogen (secondary N) is 1. The van der Waals surface area contributed by atoms with E-state index in [2.05, 4.69) is 22.7 Å². The number of alkyl halides is 2. The van der Waals surface area contributed by atoms with Crippen LogP contribution in [0.25, 0.3) is 0 Å². The van der Waals surface area contributed by atoms with Gasteiger partial charge in [-0.2, -0.15) is 8.78 Å². The van der Waals surface area contributed by atoms with Gasteiger partial charge in [0.1, 0.15) is 5.75 Å². The van der Waals surface area contributed by atoms with E-state index in [-0.39, 0.29) is 11.3 Å². The van der Waals surface area contributed by atoms with Crippen molar-refractivity contribution in [2.75, 3.05) is 5.32 Å². The van der Waals surface area contributed by atoms with Gasteiger partial charge >= 0.3 is 6.61 Å². The number of amides is 1. The molecule has 3 nitrogen and oxygen atoms in total. The molecule has 0 fully saturated rings. The highest BCUT2D eigenvalue weighted by atomic mass is 35.5. The maximum atomic E-state index is 12.1. The highest BCUT2D eigenvalue weighted by molar-refractivity contribution is 7.80. The van der Waals surface area contributed by atoms with Gasteiger partial charge in [0, 0.05) is 10.6 Å². The Morgan fingerprint density at radius 2 is 1.86 bits per heavy atom. The van der Waals surface area contributed by atoms with Crippen molar-refractivity contribution in [3.8, 4) is 5.75 Å². The number of rotatable bonds is 4. The molecular formula is C14H10ClF2NO2S. The Bertz CT molecular complexity index is 650. The van der Waals surface area contributed by atoms with Crippen LogP contribution in [0.1, 0.15) is 10.4 Å². The first-order chi connectivity index (χ1) is 9.95. The summed E-state index contributed by atoms with van der Waals surface area (Å²) in [5.74, 6) is -0.406. The number of ether oxygens (including phenoxy) is 1. The van der Waals surface area contributed by atoms with Crippen LogP contribution in [0.4, 0.5) is 14.5 Å². The van der Waals surface area contributed by atoms with Gasteiger partial charge in [-0.3, -0.25) is 4.79 Å². The van der Waals surface area contributed by atoms with Gasteiger partial charge in [0.15, 0.2) is 0 Å². The van der Waals surface area contributed by atoms with Crippen LogP contribution >= 0.6 is 24.2 Å². The van der Waals surface area contributed by atoms with Crippen LogP contribution in [0, 0.1) is 0 Å². The summed E-state index contributed by atoms with van der Waals surface area (Å²) in [6.07, 6.45) is 0. The number of thiol groups is 1. The van der Waals surface area contributed by atoms with Crippen LogP contribution in [0.3, 0.4) is 0 Å². The van der Waals surface area contributed by atoms with Crippen molar-refractivity contribution < 1.29 is 18.3 Å². The smallest absolute Gasteiger partial charge is 0.387 e. The fraction of sp³-hybridized carbons (Fsp3) is 0.0714. The topological polar surface area (TPSA) is 38.3 Å². The first-order valence-corrected chi connectivity index (χ1v) is 6.63. The lowest BCUT2D eigenvalue weighted by molar-refractivity contribution is -0.0498. The lowest BCUT2D eigenvalue weighted by Crippen LogP contribution is -2.12. The van der Waals surface area contributed by atoms with E-state index in [1.54, 1.807) is 12.1 Å². The molecule has 0 saturated carbocycles. The van der Waals surface area contributed by atoms with Gasteiger partial charge in [-0.15, -0.1) is 12.6 Å². The van der Waals surface area contributed by atoms with Crippen molar-refractivity contribution in [1.82, 2.24) is 0 Å². The minimum Gasteiger partial charge on any atom is -0.435 e. The molecule has 0 heterocycles. The van der Waals surface area contributed by atoms with E-state index in [9.17, 15) is 13.6 Å². The number of benzene rings is 2. The third-order valence-electron chi connectivity index (χ3n) is 2.53. The minimum atomic E-state index is -2.89. The Hall–Kier alpha value is -1.79. The van der Waals surface area contributed by atoms with E-state index < -0.39 is 12.5 Å². The molecule has 0 atom stereocenters. The average molecular weight is 330 g/mol. The number of halogens is 3. The summed E-state index contributed by atoms with van der Waals surface area (Å²) in [5.41, 5.74) is 0.708. The zero-order chi connectivity index (χ0) is 15.4. The predicted octanol–water partition coefficient (Wildman–Crippen LogP) is 4.48. The van der Waals surface area contributed by atoms with Crippen LogP contribution in [-0.4, -0.2) is 12.5 Å². The summed E-state index contributed by atoms with van der Waals surface area (Å²) >= 11 is 10.1. The normalized spacial score (nSPS) is 10.5. The first-order valence-electron chi connectivity index (χ1n) is 5.80. The number of hydrogen-bond acceptors (Lipinski definition) is 3. The Morgan fingerprint density at radius 1 is 1.19 bits per heavy atom. The summed E-state index contributed by atoms with van der Waals surface area (Å²) in [4.78, 5) is 12.7. The Morgan fingerprint density at radius 3 is 2.48 bits per heavy atom. The van der Waals surface area contributed by atoms with E-state index in [1.165, 1.54) is 30.3 Å². The highest BCUT2D eigenvalue weighted by Gasteiger charge is 2.11. The maximum absolute atomic E-state index is 12.1. The molecular weight excluding hydrogens is 320 g/mol. The second-order valence-corrected chi connectivity index (χ2v) is 4.94. The molecule has 0 aliphatic carbocycles. The number of carbonyl (C=O) groups is 1. The van der Waals surface area contributed by atoms with Crippen LogP contribution in [-0.2, 0) is 0 Å². The van der Waals surface area contributed by atoms with Crippen molar-refractivity contribution in [2.24, 2.45) is 0 Å². The zero-order valence-electron chi connectivity index (χ0n) is 10.5. The maximum Gasteiger partial charge on any atom is 0.387 e. The van der Waals surface area contributed by atoms with Crippen LogP contribution in [0.2, 0.25) is 5.02 Å². The van der Waals surface area contributed by atoms with Crippen molar-refractivity contribution >= 4 is 35.8 Å². The molecule has 21 heavy (non-hydrogen) atoms. The fourth-order valence-corrected chi connectivity index (χ4v) is 2.01. The minimum absolute atomic E-state index is 0.0124. The molecule has 0 aliphatic rings. The molecule has 0 bridgehead atoms. The SMILES string of the molecule is O=C(Nc1ccc(OC(F)F)cc1)c1cc(S)ccc1Cl. The van der Waals surface area contributed by atoms with Gasteiger partial charge in [-0.05, 0) is 42.5 Å². The van der Waals surface area contributed by atoms with E-state index in [4.69, 9.17) is 11.6 Å². The Labute approximate surface area is 130 Å².